The normalized spacial score (nSPS) is 11.2. The molecule has 0 atom stereocenters. The van der Waals surface area contributed by atoms with Crippen molar-refractivity contribution in [3.05, 3.63) is 0 Å². The minimum Gasteiger partial charge on any atom is -0.464 e. The summed E-state index contributed by atoms with van der Waals surface area (Å²) in [5, 5.41) is 12.1. The van der Waals surface area contributed by atoms with Crippen LogP contribution in [0.4, 0.5) is 11.9 Å². The molecule has 0 fully saturated rings. The first kappa shape index (κ1) is 15.4. The van der Waals surface area contributed by atoms with Gasteiger partial charge in [-0.1, -0.05) is 13.8 Å². The lowest BCUT2D eigenvalue weighted by Crippen LogP contribution is -2.25. The Hall–Kier alpha value is -1.67. The van der Waals surface area contributed by atoms with Gasteiger partial charge in [-0.15, -0.1) is 0 Å². The number of aliphatic hydroxyl groups is 1. The highest BCUT2D eigenvalue weighted by atomic mass is 16.5. The number of aromatic nitrogens is 3. The molecule has 0 aromatic carbocycles. The number of nitrogens with one attached hydrogen (secondary N) is 2. The largest absolute Gasteiger partial charge is 0.464 e. The molecule has 5 N–H and O–H groups in total. The molecular formula is C11H22N6O2. The maximum atomic E-state index is 8.98. The Balaban J connectivity index is 2.74. The standard InChI is InChI=1S/C11H22N6O2/c1-4-19-10-15-8(14-9(16-10)17-12)13-7-11(2,3)5-6-18/h18H,4-7,12H2,1-3H3,(H2,13,14,15,16,17). The van der Waals surface area contributed by atoms with Crippen LogP contribution in [0.5, 0.6) is 6.01 Å². The molecule has 0 aliphatic carbocycles. The van der Waals surface area contributed by atoms with E-state index in [0.29, 0.717) is 25.5 Å². The van der Waals surface area contributed by atoms with Gasteiger partial charge in [-0.3, -0.25) is 5.43 Å². The molecule has 108 valence electrons. The van der Waals surface area contributed by atoms with E-state index in [1.807, 2.05) is 20.8 Å². The SMILES string of the molecule is CCOc1nc(NN)nc(NCC(C)(C)CCO)n1. The van der Waals surface area contributed by atoms with Gasteiger partial charge in [0.15, 0.2) is 0 Å². The van der Waals surface area contributed by atoms with Crippen molar-refractivity contribution in [3.63, 3.8) is 0 Å². The second-order valence-corrected chi connectivity index (χ2v) is 4.83. The first-order valence-corrected chi connectivity index (χ1v) is 6.21. The van der Waals surface area contributed by atoms with Crippen LogP contribution in [0.25, 0.3) is 0 Å². The molecule has 0 bridgehead atoms. The van der Waals surface area contributed by atoms with Crippen molar-refractivity contribution in [2.75, 3.05) is 30.5 Å². The first-order valence-electron chi connectivity index (χ1n) is 6.21. The third-order valence-electron chi connectivity index (χ3n) is 2.53. The van der Waals surface area contributed by atoms with Crippen LogP contribution >= 0.6 is 0 Å². The molecule has 1 heterocycles. The van der Waals surface area contributed by atoms with Crippen LogP contribution in [0.2, 0.25) is 0 Å². The summed E-state index contributed by atoms with van der Waals surface area (Å²) in [5.74, 6) is 5.92. The predicted octanol–water partition coefficient (Wildman–Crippen LogP) is 0.376. The third kappa shape index (κ3) is 5.23. The molecule has 0 spiro atoms. The molecule has 0 aliphatic rings. The van der Waals surface area contributed by atoms with Gasteiger partial charge in [-0.05, 0) is 18.8 Å². The van der Waals surface area contributed by atoms with Crippen molar-refractivity contribution < 1.29 is 9.84 Å². The summed E-state index contributed by atoms with van der Waals surface area (Å²) < 4.78 is 5.23. The molecule has 8 heteroatoms. The molecule has 19 heavy (non-hydrogen) atoms. The molecule has 1 aromatic rings. The van der Waals surface area contributed by atoms with Crippen molar-refractivity contribution in [2.24, 2.45) is 11.3 Å². The minimum atomic E-state index is -0.0660. The second kappa shape index (κ2) is 7.05. The Labute approximate surface area is 112 Å². The van der Waals surface area contributed by atoms with Gasteiger partial charge < -0.3 is 15.2 Å². The van der Waals surface area contributed by atoms with Crippen molar-refractivity contribution in [1.29, 1.82) is 0 Å². The molecule has 0 unspecified atom stereocenters. The molecule has 1 rings (SSSR count). The van der Waals surface area contributed by atoms with Crippen molar-refractivity contribution in [2.45, 2.75) is 27.2 Å². The van der Waals surface area contributed by atoms with Gasteiger partial charge >= 0.3 is 6.01 Å². The number of hydrogen-bond acceptors (Lipinski definition) is 8. The summed E-state index contributed by atoms with van der Waals surface area (Å²) in [5.41, 5.74) is 2.30. The molecule has 8 nitrogen and oxygen atoms in total. The Morgan fingerprint density at radius 3 is 2.53 bits per heavy atom. The number of nitrogens with zero attached hydrogens (tertiary/aromatic N) is 3. The Kier molecular flexibility index (Phi) is 5.71. The van der Waals surface area contributed by atoms with Gasteiger partial charge in [0.25, 0.3) is 0 Å². The summed E-state index contributed by atoms with van der Waals surface area (Å²) >= 11 is 0. The summed E-state index contributed by atoms with van der Waals surface area (Å²) in [7, 11) is 0. The Bertz CT molecular complexity index is 399. The van der Waals surface area contributed by atoms with E-state index in [9.17, 15) is 0 Å². The minimum absolute atomic E-state index is 0.0660. The fourth-order valence-corrected chi connectivity index (χ4v) is 1.40. The van der Waals surface area contributed by atoms with Crippen LogP contribution in [-0.2, 0) is 0 Å². The van der Waals surface area contributed by atoms with Crippen molar-refractivity contribution in [3.8, 4) is 6.01 Å². The van der Waals surface area contributed by atoms with E-state index in [4.69, 9.17) is 15.7 Å². The zero-order valence-electron chi connectivity index (χ0n) is 11.6. The van der Waals surface area contributed by atoms with Gasteiger partial charge in [0.05, 0.1) is 6.61 Å². The van der Waals surface area contributed by atoms with E-state index in [-0.39, 0.29) is 24.0 Å². The molecule has 0 saturated heterocycles. The van der Waals surface area contributed by atoms with E-state index < -0.39 is 0 Å². The van der Waals surface area contributed by atoms with Gasteiger partial charge in [-0.25, -0.2) is 5.84 Å². The van der Waals surface area contributed by atoms with E-state index in [1.165, 1.54) is 0 Å². The monoisotopic (exact) mass is 270 g/mol. The number of nitrogens with two attached hydrogens (primary N) is 1. The highest BCUT2D eigenvalue weighted by Crippen LogP contribution is 2.20. The maximum absolute atomic E-state index is 8.98. The van der Waals surface area contributed by atoms with Crippen LogP contribution in [0.1, 0.15) is 27.2 Å². The topological polar surface area (TPSA) is 118 Å². The Morgan fingerprint density at radius 2 is 1.95 bits per heavy atom. The molecule has 0 amide bonds. The van der Waals surface area contributed by atoms with Crippen LogP contribution < -0.4 is 21.3 Å². The van der Waals surface area contributed by atoms with Crippen molar-refractivity contribution >= 4 is 11.9 Å². The molecule has 0 aliphatic heterocycles. The summed E-state index contributed by atoms with van der Waals surface area (Å²) in [4.78, 5) is 12.2. The average molecular weight is 270 g/mol. The number of nitrogen functional groups attached to an aromatic ring is 1. The lowest BCUT2D eigenvalue weighted by Gasteiger charge is -2.23. The number of hydrogen-bond donors (Lipinski definition) is 4. The van der Waals surface area contributed by atoms with E-state index in [0.717, 1.165) is 0 Å². The predicted molar refractivity (Wildman–Crippen MR) is 72.8 cm³/mol. The van der Waals surface area contributed by atoms with Crippen LogP contribution in [0, 0.1) is 5.41 Å². The van der Waals surface area contributed by atoms with E-state index in [2.05, 4.69) is 25.7 Å². The fraction of sp³-hybridized carbons (Fsp3) is 0.727. The lowest BCUT2D eigenvalue weighted by molar-refractivity contribution is 0.220. The molecule has 1 aromatic heterocycles. The fourth-order valence-electron chi connectivity index (χ4n) is 1.40. The second-order valence-electron chi connectivity index (χ2n) is 4.83. The third-order valence-corrected chi connectivity index (χ3v) is 2.53. The molecule has 0 radical (unpaired) electrons. The van der Waals surface area contributed by atoms with E-state index in [1.54, 1.807) is 0 Å². The van der Waals surface area contributed by atoms with Crippen LogP contribution in [-0.4, -0.2) is 39.8 Å². The smallest absolute Gasteiger partial charge is 0.323 e. The molecular weight excluding hydrogens is 248 g/mol. The van der Waals surface area contributed by atoms with Gasteiger partial charge in [0.1, 0.15) is 0 Å². The lowest BCUT2D eigenvalue weighted by atomic mass is 9.90. The number of rotatable bonds is 8. The summed E-state index contributed by atoms with van der Waals surface area (Å²) in [6, 6.07) is 0.216. The highest BCUT2D eigenvalue weighted by Gasteiger charge is 2.18. The average Bonchev–Trinajstić information content (AvgIpc) is 2.36. The number of anilines is 2. The maximum Gasteiger partial charge on any atom is 0.323 e. The number of aliphatic hydroxyl groups excluding tert-OH is 1. The summed E-state index contributed by atoms with van der Waals surface area (Å²) in [6.07, 6.45) is 0.686. The first-order chi connectivity index (χ1) is 9.00. The zero-order chi connectivity index (χ0) is 14.3. The van der Waals surface area contributed by atoms with E-state index >= 15 is 0 Å². The zero-order valence-corrected chi connectivity index (χ0v) is 11.6. The van der Waals surface area contributed by atoms with Gasteiger partial charge in [-0.2, -0.15) is 15.0 Å². The number of ether oxygens (including phenoxy) is 1. The number of hydrazine groups is 1. The molecule has 0 saturated carbocycles. The van der Waals surface area contributed by atoms with Crippen LogP contribution in [0.3, 0.4) is 0 Å². The quantitative estimate of drug-likeness (QED) is 0.395. The van der Waals surface area contributed by atoms with Crippen molar-refractivity contribution in [1.82, 2.24) is 15.0 Å². The highest BCUT2D eigenvalue weighted by molar-refractivity contribution is 5.35. The Morgan fingerprint density at radius 1 is 1.26 bits per heavy atom. The summed E-state index contributed by atoms with van der Waals surface area (Å²) in [6.45, 7) is 7.16. The van der Waals surface area contributed by atoms with Gasteiger partial charge in [0, 0.05) is 13.2 Å². The van der Waals surface area contributed by atoms with Crippen LogP contribution in [0.15, 0.2) is 0 Å². The van der Waals surface area contributed by atoms with Gasteiger partial charge in [0.2, 0.25) is 11.9 Å².